The minimum Gasteiger partial charge on any atom is -0.372 e. The number of ether oxygens (including phenoxy) is 1. The summed E-state index contributed by atoms with van der Waals surface area (Å²) >= 11 is 0. The van der Waals surface area contributed by atoms with Crippen molar-refractivity contribution in [3.63, 3.8) is 0 Å². The molecule has 0 radical (unpaired) electrons. The molecule has 4 nitrogen and oxygen atoms in total. The predicted octanol–water partition coefficient (Wildman–Crippen LogP) is 1.75. The number of halogens is 6. The van der Waals surface area contributed by atoms with Crippen LogP contribution in [0.5, 0.6) is 0 Å². The summed E-state index contributed by atoms with van der Waals surface area (Å²) < 4.78 is 76.7. The Hall–Kier alpha value is -1.03. The number of hydrogen-bond acceptors (Lipinski definition) is 3. The first-order valence-corrected chi connectivity index (χ1v) is 6.32. The van der Waals surface area contributed by atoms with Gasteiger partial charge in [-0.3, -0.25) is 4.79 Å². The largest absolute Gasteiger partial charge is 0.411 e. The van der Waals surface area contributed by atoms with Crippen molar-refractivity contribution < 1.29 is 35.9 Å². The van der Waals surface area contributed by atoms with E-state index >= 15 is 0 Å². The van der Waals surface area contributed by atoms with E-state index in [-0.39, 0.29) is 25.8 Å². The molecule has 1 aliphatic rings. The van der Waals surface area contributed by atoms with Crippen molar-refractivity contribution in [1.82, 2.24) is 10.6 Å². The van der Waals surface area contributed by atoms with Gasteiger partial charge in [0.25, 0.3) is 0 Å². The molecule has 0 aromatic carbocycles. The molecule has 1 aliphatic heterocycles. The number of alkyl halides is 6. The minimum absolute atomic E-state index is 0.0284. The predicted molar refractivity (Wildman–Crippen MR) is 60.5 cm³/mol. The topological polar surface area (TPSA) is 50.4 Å². The van der Waals surface area contributed by atoms with E-state index in [9.17, 15) is 31.1 Å². The van der Waals surface area contributed by atoms with Crippen molar-refractivity contribution in [2.24, 2.45) is 0 Å². The standard InChI is InChI=1S/C11H16F6N2O2/c12-10(13,14)6-21-4-3-9(20)19-7-1-2-8(18-5-7)11(15,16)17/h7-8,18H,1-6H2,(H,19,20). The molecule has 0 spiro atoms. The summed E-state index contributed by atoms with van der Waals surface area (Å²) in [6.45, 7) is -1.85. The zero-order chi connectivity index (χ0) is 16.1. The van der Waals surface area contributed by atoms with Crippen molar-refractivity contribution >= 4 is 5.91 Å². The highest BCUT2D eigenvalue weighted by atomic mass is 19.4. The molecule has 0 aliphatic carbocycles. The summed E-state index contributed by atoms with van der Waals surface area (Å²) in [7, 11) is 0. The Morgan fingerprint density at radius 3 is 2.33 bits per heavy atom. The molecule has 1 heterocycles. The summed E-state index contributed by atoms with van der Waals surface area (Å²) in [6, 6.07) is -2.04. The lowest BCUT2D eigenvalue weighted by atomic mass is 10.0. The molecule has 2 unspecified atom stereocenters. The zero-order valence-corrected chi connectivity index (χ0v) is 11.0. The van der Waals surface area contributed by atoms with Crippen LogP contribution in [0.3, 0.4) is 0 Å². The van der Waals surface area contributed by atoms with Gasteiger partial charge in [-0.25, -0.2) is 0 Å². The summed E-state index contributed by atoms with van der Waals surface area (Å²) in [5.41, 5.74) is 0. The number of hydrogen-bond donors (Lipinski definition) is 2. The first-order chi connectivity index (χ1) is 9.58. The second kappa shape index (κ2) is 7.30. The second-order valence-corrected chi connectivity index (χ2v) is 4.76. The normalized spacial score (nSPS) is 23.9. The number of carbonyl (C=O) groups is 1. The molecule has 0 bridgehead atoms. The van der Waals surface area contributed by atoms with Crippen molar-refractivity contribution in [3.05, 3.63) is 0 Å². The second-order valence-electron chi connectivity index (χ2n) is 4.76. The Bertz CT molecular complexity index is 337. The number of carbonyl (C=O) groups excluding carboxylic acids is 1. The molecule has 0 aromatic heterocycles. The quantitative estimate of drug-likeness (QED) is 0.599. The highest BCUT2D eigenvalue weighted by Gasteiger charge is 2.41. The van der Waals surface area contributed by atoms with E-state index in [4.69, 9.17) is 0 Å². The van der Waals surface area contributed by atoms with Gasteiger partial charge in [0, 0.05) is 19.0 Å². The van der Waals surface area contributed by atoms with Crippen LogP contribution in [0.4, 0.5) is 26.3 Å². The van der Waals surface area contributed by atoms with E-state index in [1.165, 1.54) is 0 Å². The van der Waals surface area contributed by atoms with E-state index in [0.717, 1.165) is 0 Å². The number of rotatable bonds is 5. The SMILES string of the molecule is O=C(CCOCC(F)(F)F)NC1CCC(C(F)(F)F)NC1. The van der Waals surface area contributed by atoms with E-state index in [2.05, 4.69) is 15.4 Å². The Kier molecular flexibility index (Phi) is 6.26. The van der Waals surface area contributed by atoms with E-state index in [0.29, 0.717) is 0 Å². The first-order valence-electron chi connectivity index (χ1n) is 6.32. The molecule has 0 aromatic rings. The van der Waals surface area contributed by atoms with Gasteiger partial charge in [-0.2, -0.15) is 26.3 Å². The van der Waals surface area contributed by atoms with Crippen LogP contribution in [0.25, 0.3) is 0 Å². The van der Waals surface area contributed by atoms with Crippen LogP contribution in [0, 0.1) is 0 Å². The van der Waals surface area contributed by atoms with Gasteiger partial charge in [0.1, 0.15) is 12.6 Å². The molecule has 1 rings (SSSR count). The summed E-state index contributed by atoms with van der Waals surface area (Å²) in [5.74, 6) is -0.547. The molecular weight excluding hydrogens is 306 g/mol. The van der Waals surface area contributed by atoms with Gasteiger partial charge in [0.2, 0.25) is 5.91 Å². The van der Waals surface area contributed by atoms with Gasteiger partial charge in [0.15, 0.2) is 0 Å². The van der Waals surface area contributed by atoms with Crippen LogP contribution < -0.4 is 10.6 Å². The maximum absolute atomic E-state index is 12.4. The van der Waals surface area contributed by atoms with Crippen LogP contribution in [0.15, 0.2) is 0 Å². The molecule has 1 amide bonds. The van der Waals surface area contributed by atoms with E-state index in [1.807, 2.05) is 0 Å². The summed E-state index contributed by atoms with van der Waals surface area (Å²) in [6.07, 6.45) is -9.03. The van der Waals surface area contributed by atoms with Crippen molar-refractivity contribution in [3.8, 4) is 0 Å². The summed E-state index contributed by atoms with van der Waals surface area (Å²) in [4.78, 5) is 11.4. The fourth-order valence-corrected chi connectivity index (χ4v) is 1.91. The third kappa shape index (κ3) is 7.51. The average Bonchev–Trinajstić information content (AvgIpc) is 2.33. The van der Waals surface area contributed by atoms with Gasteiger partial charge in [-0.05, 0) is 12.8 Å². The van der Waals surface area contributed by atoms with Crippen LogP contribution in [0.2, 0.25) is 0 Å². The number of nitrogens with one attached hydrogen (secondary N) is 2. The van der Waals surface area contributed by atoms with Gasteiger partial charge in [-0.1, -0.05) is 0 Å². The molecular formula is C11H16F6N2O2. The third-order valence-electron chi connectivity index (χ3n) is 2.91. The Labute approximate surface area is 117 Å². The molecule has 1 saturated heterocycles. The Morgan fingerprint density at radius 2 is 1.86 bits per heavy atom. The fourth-order valence-electron chi connectivity index (χ4n) is 1.91. The van der Waals surface area contributed by atoms with E-state index in [1.54, 1.807) is 0 Å². The maximum atomic E-state index is 12.4. The van der Waals surface area contributed by atoms with Gasteiger partial charge < -0.3 is 15.4 Å². The summed E-state index contributed by atoms with van der Waals surface area (Å²) in [5, 5.41) is 4.74. The highest BCUT2D eigenvalue weighted by Crippen LogP contribution is 2.26. The number of amides is 1. The Morgan fingerprint density at radius 1 is 1.19 bits per heavy atom. The van der Waals surface area contributed by atoms with Gasteiger partial charge >= 0.3 is 12.4 Å². The van der Waals surface area contributed by atoms with Gasteiger partial charge in [0.05, 0.1) is 6.61 Å². The minimum atomic E-state index is -4.45. The molecule has 124 valence electrons. The number of piperidine rings is 1. The molecule has 2 atom stereocenters. The molecule has 21 heavy (non-hydrogen) atoms. The molecule has 1 fully saturated rings. The Balaban J connectivity index is 2.16. The monoisotopic (exact) mass is 322 g/mol. The average molecular weight is 322 g/mol. The van der Waals surface area contributed by atoms with Crippen molar-refractivity contribution in [2.75, 3.05) is 19.8 Å². The molecule has 0 saturated carbocycles. The molecule has 2 N–H and O–H groups in total. The zero-order valence-electron chi connectivity index (χ0n) is 11.0. The van der Waals surface area contributed by atoms with Crippen LogP contribution in [0.1, 0.15) is 19.3 Å². The van der Waals surface area contributed by atoms with Crippen molar-refractivity contribution in [2.45, 2.75) is 43.7 Å². The van der Waals surface area contributed by atoms with Crippen molar-refractivity contribution in [1.29, 1.82) is 0 Å². The first kappa shape index (κ1) is 18.0. The molecule has 10 heteroatoms. The third-order valence-corrected chi connectivity index (χ3v) is 2.91. The fraction of sp³-hybridized carbons (Fsp3) is 0.909. The lowest BCUT2D eigenvalue weighted by Crippen LogP contribution is -2.54. The maximum Gasteiger partial charge on any atom is 0.411 e. The van der Waals surface area contributed by atoms with Crippen LogP contribution >= 0.6 is 0 Å². The van der Waals surface area contributed by atoms with E-state index < -0.39 is 43.6 Å². The lowest BCUT2D eigenvalue weighted by molar-refractivity contribution is -0.174. The van der Waals surface area contributed by atoms with Gasteiger partial charge in [-0.15, -0.1) is 0 Å². The smallest absolute Gasteiger partial charge is 0.372 e. The van der Waals surface area contributed by atoms with Crippen LogP contribution in [-0.4, -0.2) is 50.1 Å². The van der Waals surface area contributed by atoms with Crippen LogP contribution in [-0.2, 0) is 9.53 Å². The highest BCUT2D eigenvalue weighted by molar-refractivity contribution is 5.76. The lowest BCUT2D eigenvalue weighted by Gasteiger charge is -2.31.